The Kier molecular flexibility index (Phi) is 3.89. The second-order valence-corrected chi connectivity index (χ2v) is 4.58. The lowest BCUT2D eigenvalue weighted by Gasteiger charge is -1.97. The normalized spacial score (nSPS) is 10.7. The molecule has 4 heteroatoms. The Balaban J connectivity index is 2.23. The third kappa shape index (κ3) is 3.28. The van der Waals surface area contributed by atoms with Crippen molar-refractivity contribution < 1.29 is 9.90 Å². The van der Waals surface area contributed by atoms with Gasteiger partial charge in [-0.05, 0) is 35.9 Å². The summed E-state index contributed by atoms with van der Waals surface area (Å²) in [7, 11) is 0. The average Bonchev–Trinajstić information content (AvgIpc) is 2.37. The monoisotopic (exact) mass is 303 g/mol. The molecule has 0 aromatic heterocycles. The van der Waals surface area contributed by atoms with Crippen LogP contribution in [0.25, 0.3) is 0 Å². The van der Waals surface area contributed by atoms with Crippen LogP contribution in [0.3, 0.4) is 0 Å². The summed E-state index contributed by atoms with van der Waals surface area (Å²) in [5.41, 5.74) is 1.80. The van der Waals surface area contributed by atoms with E-state index in [0.29, 0.717) is 5.69 Å². The molecular formula is C14H10BrNO2. The molecule has 0 aliphatic carbocycles. The summed E-state index contributed by atoms with van der Waals surface area (Å²) >= 11 is 3.38. The first kappa shape index (κ1) is 12.5. The van der Waals surface area contributed by atoms with Crippen molar-refractivity contribution in [3.05, 3.63) is 64.1 Å². The lowest BCUT2D eigenvalue weighted by Crippen LogP contribution is -1.94. The minimum Gasteiger partial charge on any atom is -0.478 e. The van der Waals surface area contributed by atoms with Crippen LogP contribution in [-0.4, -0.2) is 17.3 Å². The molecule has 2 rings (SSSR count). The van der Waals surface area contributed by atoms with Gasteiger partial charge in [-0.1, -0.05) is 34.1 Å². The van der Waals surface area contributed by atoms with E-state index in [1.807, 2.05) is 24.3 Å². The smallest absolute Gasteiger partial charge is 0.335 e. The van der Waals surface area contributed by atoms with Crippen molar-refractivity contribution in [2.75, 3.05) is 0 Å². The van der Waals surface area contributed by atoms with Gasteiger partial charge in [-0.15, -0.1) is 0 Å². The largest absolute Gasteiger partial charge is 0.478 e. The van der Waals surface area contributed by atoms with Crippen molar-refractivity contribution in [1.29, 1.82) is 0 Å². The number of benzene rings is 2. The number of hydrogen-bond acceptors (Lipinski definition) is 2. The minimum atomic E-state index is -0.950. The van der Waals surface area contributed by atoms with Crippen LogP contribution in [0.2, 0.25) is 0 Å². The molecule has 90 valence electrons. The van der Waals surface area contributed by atoms with Gasteiger partial charge in [0.1, 0.15) is 0 Å². The highest BCUT2D eigenvalue weighted by molar-refractivity contribution is 9.10. The van der Waals surface area contributed by atoms with Crippen LogP contribution >= 0.6 is 15.9 Å². The first-order valence-electron chi connectivity index (χ1n) is 5.28. The fourth-order valence-electron chi connectivity index (χ4n) is 1.46. The number of aliphatic imine (C=N–C) groups is 1. The van der Waals surface area contributed by atoms with E-state index in [4.69, 9.17) is 5.11 Å². The zero-order valence-corrected chi connectivity index (χ0v) is 11.0. The number of rotatable bonds is 3. The second-order valence-electron chi connectivity index (χ2n) is 3.67. The Morgan fingerprint density at radius 3 is 2.67 bits per heavy atom. The maximum absolute atomic E-state index is 10.8. The number of aromatic carboxylic acids is 1. The standard InChI is InChI=1S/C14H10BrNO2/c15-12-5-1-3-10(7-12)9-16-13-6-2-4-11(8-13)14(17)18/h1-9H,(H,17,18). The molecule has 2 aromatic carbocycles. The van der Waals surface area contributed by atoms with E-state index < -0.39 is 5.97 Å². The predicted octanol–water partition coefficient (Wildman–Crippen LogP) is 3.90. The molecule has 0 unspecified atom stereocenters. The molecule has 0 aliphatic heterocycles. The molecule has 0 amide bonds. The van der Waals surface area contributed by atoms with E-state index >= 15 is 0 Å². The molecule has 0 bridgehead atoms. The van der Waals surface area contributed by atoms with Gasteiger partial charge in [0.2, 0.25) is 0 Å². The number of nitrogens with zero attached hydrogens (tertiary/aromatic N) is 1. The Morgan fingerprint density at radius 1 is 1.17 bits per heavy atom. The SMILES string of the molecule is O=C(O)c1cccc(N=Cc2cccc(Br)c2)c1. The first-order valence-corrected chi connectivity index (χ1v) is 6.07. The van der Waals surface area contributed by atoms with E-state index in [0.717, 1.165) is 10.0 Å². The number of carbonyl (C=O) groups is 1. The van der Waals surface area contributed by atoms with E-state index in [1.165, 1.54) is 6.07 Å². The summed E-state index contributed by atoms with van der Waals surface area (Å²) in [6.07, 6.45) is 1.70. The van der Waals surface area contributed by atoms with Gasteiger partial charge in [-0.2, -0.15) is 0 Å². The fourth-order valence-corrected chi connectivity index (χ4v) is 1.87. The number of carboxylic acid groups (broad SMARTS) is 1. The molecule has 0 saturated carbocycles. The van der Waals surface area contributed by atoms with Gasteiger partial charge in [0.05, 0.1) is 11.3 Å². The van der Waals surface area contributed by atoms with E-state index in [-0.39, 0.29) is 5.56 Å². The van der Waals surface area contributed by atoms with Crippen LogP contribution in [0.1, 0.15) is 15.9 Å². The van der Waals surface area contributed by atoms with E-state index in [9.17, 15) is 4.79 Å². The molecule has 18 heavy (non-hydrogen) atoms. The molecule has 0 spiro atoms. The zero-order chi connectivity index (χ0) is 13.0. The zero-order valence-electron chi connectivity index (χ0n) is 9.38. The topological polar surface area (TPSA) is 49.7 Å². The van der Waals surface area contributed by atoms with Crippen molar-refractivity contribution >= 4 is 33.8 Å². The quantitative estimate of drug-likeness (QED) is 0.874. The molecule has 0 radical (unpaired) electrons. The van der Waals surface area contributed by atoms with Gasteiger partial charge >= 0.3 is 5.97 Å². The average molecular weight is 304 g/mol. The highest BCUT2D eigenvalue weighted by Gasteiger charge is 2.01. The Labute approximate surface area is 113 Å². The van der Waals surface area contributed by atoms with Gasteiger partial charge < -0.3 is 5.11 Å². The predicted molar refractivity (Wildman–Crippen MR) is 74.8 cm³/mol. The van der Waals surface area contributed by atoms with Gasteiger partial charge in [-0.25, -0.2) is 4.79 Å². The molecule has 3 nitrogen and oxygen atoms in total. The number of halogens is 1. The lowest BCUT2D eigenvalue weighted by molar-refractivity contribution is 0.0697. The molecule has 0 fully saturated rings. The summed E-state index contributed by atoms with van der Waals surface area (Å²) in [6.45, 7) is 0. The number of hydrogen-bond donors (Lipinski definition) is 1. The van der Waals surface area contributed by atoms with Gasteiger partial charge in [-0.3, -0.25) is 4.99 Å². The second kappa shape index (κ2) is 5.60. The Bertz CT molecular complexity index is 608. The highest BCUT2D eigenvalue weighted by Crippen LogP contribution is 2.15. The van der Waals surface area contributed by atoms with Crippen LogP contribution in [-0.2, 0) is 0 Å². The molecular weight excluding hydrogens is 294 g/mol. The Morgan fingerprint density at radius 2 is 1.94 bits per heavy atom. The maximum atomic E-state index is 10.8. The van der Waals surface area contributed by atoms with Gasteiger partial charge in [0, 0.05) is 10.7 Å². The number of carboxylic acids is 1. The van der Waals surface area contributed by atoms with Crippen molar-refractivity contribution in [2.45, 2.75) is 0 Å². The van der Waals surface area contributed by atoms with Crippen LogP contribution < -0.4 is 0 Å². The van der Waals surface area contributed by atoms with Crippen molar-refractivity contribution in [1.82, 2.24) is 0 Å². The molecule has 0 saturated heterocycles. The molecule has 0 aliphatic rings. The van der Waals surface area contributed by atoms with Gasteiger partial charge in [0.15, 0.2) is 0 Å². The summed E-state index contributed by atoms with van der Waals surface area (Å²) in [4.78, 5) is 15.1. The van der Waals surface area contributed by atoms with Crippen LogP contribution in [0, 0.1) is 0 Å². The minimum absolute atomic E-state index is 0.235. The van der Waals surface area contributed by atoms with Crippen molar-refractivity contribution in [2.24, 2.45) is 4.99 Å². The summed E-state index contributed by atoms with van der Waals surface area (Å²) in [5.74, 6) is -0.950. The van der Waals surface area contributed by atoms with Crippen molar-refractivity contribution in [3.8, 4) is 0 Å². The van der Waals surface area contributed by atoms with Crippen LogP contribution in [0.15, 0.2) is 58.0 Å². The van der Waals surface area contributed by atoms with Crippen molar-refractivity contribution in [3.63, 3.8) is 0 Å². The summed E-state index contributed by atoms with van der Waals surface area (Å²) < 4.78 is 0.978. The fraction of sp³-hybridized carbons (Fsp3) is 0. The van der Waals surface area contributed by atoms with E-state index in [2.05, 4.69) is 20.9 Å². The molecule has 0 heterocycles. The third-order valence-corrected chi connectivity index (χ3v) is 2.80. The molecule has 2 aromatic rings. The summed E-state index contributed by atoms with van der Waals surface area (Å²) in [6, 6.07) is 14.2. The van der Waals surface area contributed by atoms with Gasteiger partial charge in [0.25, 0.3) is 0 Å². The first-order chi connectivity index (χ1) is 8.65. The molecule has 1 N–H and O–H groups in total. The van der Waals surface area contributed by atoms with Crippen LogP contribution in [0.5, 0.6) is 0 Å². The lowest BCUT2D eigenvalue weighted by atomic mass is 10.2. The van der Waals surface area contributed by atoms with E-state index in [1.54, 1.807) is 24.4 Å². The summed E-state index contributed by atoms with van der Waals surface area (Å²) in [5, 5.41) is 8.87. The molecule has 0 atom stereocenters. The maximum Gasteiger partial charge on any atom is 0.335 e. The Hall–Kier alpha value is -1.94. The van der Waals surface area contributed by atoms with Crippen LogP contribution in [0.4, 0.5) is 5.69 Å². The highest BCUT2D eigenvalue weighted by atomic mass is 79.9. The third-order valence-electron chi connectivity index (χ3n) is 2.30.